The van der Waals surface area contributed by atoms with Gasteiger partial charge in [-0.3, -0.25) is 4.79 Å². The van der Waals surface area contributed by atoms with E-state index in [0.717, 1.165) is 11.1 Å². The Bertz CT molecular complexity index is 839. The van der Waals surface area contributed by atoms with Gasteiger partial charge >= 0.3 is 0 Å². The van der Waals surface area contributed by atoms with Crippen LogP contribution in [0.5, 0.6) is 0 Å². The first-order valence-electron chi connectivity index (χ1n) is 7.42. The van der Waals surface area contributed by atoms with Gasteiger partial charge in [-0.2, -0.15) is 5.10 Å². The van der Waals surface area contributed by atoms with Crippen molar-refractivity contribution in [2.24, 2.45) is 5.10 Å². The molecule has 3 rings (SSSR count). The summed E-state index contributed by atoms with van der Waals surface area (Å²) in [4.78, 5) is 11.8. The number of furan rings is 1. The number of rotatable bonds is 5. The summed E-state index contributed by atoms with van der Waals surface area (Å²) in [5.41, 5.74) is 4.14. The average Bonchev–Trinajstić information content (AvgIpc) is 3.05. The minimum absolute atomic E-state index is 0.206. The van der Waals surface area contributed by atoms with Crippen molar-refractivity contribution in [1.29, 1.82) is 0 Å². The van der Waals surface area contributed by atoms with Gasteiger partial charge in [-0.15, -0.1) is 0 Å². The largest absolute Gasteiger partial charge is 0.455 e. The van der Waals surface area contributed by atoms with Crippen LogP contribution in [0.15, 0.2) is 76.2 Å². The molecule has 3 aromatic rings. The van der Waals surface area contributed by atoms with Crippen LogP contribution in [0.3, 0.4) is 0 Å². The summed E-state index contributed by atoms with van der Waals surface area (Å²) in [5.74, 6) is 0.595. The Balaban J connectivity index is 1.57. The van der Waals surface area contributed by atoms with Crippen molar-refractivity contribution in [3.8, 4) is 11.3 Å². The number of hydrazone groups is 1. The zero-order chi connectivity index (χ0) is 16.8. The van der Waals surface area contributed by atoms with E-state index in [1.807, 2.05) is 30.3 Å². The Morgan fingerprint density at radius 1 is 1.04 bits per heavy atom. The van der Waals surface area contributed by atoms with E-state index in [4.69, 9.17) is 4.42 Å². The predicted molar refractivity (Wildman–Crippen MR) is 90.0 cm³/mol. The first-order chi connectivity index (χ1) is 11.7. The maximum atomic E-state index is 12.9. The predicted octanol–water partition coefficient (Wildman–Crippen LogP) is 3.78. The molecule has 0 aliphatic rings. The summed E-state index contributed by atoms with van der Waals surface area (Å²) in [7, 11) is 0. The van der Waals surface area contributed by atoms with Crippen LogP contribution in [-0.2, 0) is 11.2 Å². The second-order valence-corrected chi connectivity index (χ2v) is 5.16. The topological polar surface area (TPSA) is 54.6 Å². The summed E-state index contributed by atoms with van der Waals surface area (Å²) in [6, 6.07) is 18.9. The molecule has 24 heavy (non-hydrogen) atoms. The number of carbonyl (C=O) groups excluding carboxylic acids is 1. The van der Waals surface area contributed by atoms with E-state index in [2.05, 4.69) is 10.5 Å². The van der Waals surface area contributed by atoms with Gasteiger partial charge in [0.15, 0.2) is 0 Å². The molecule has 1 heterocycles. The molecule has 0 fully saturated rings. The molecule has 0 aliphatic carbocycles. The van der Waals surface area contributed by atoms with Crippen molar-refractivity contribution in [3.63, 3.8) is 0 Å². The number of nitrogens with one attached hydrogen (secondary N) is 1. The molecule has 0 unspecified atom stereocenters. The molecule has 1 N–H and O–H groups in total. The molecule has 5 heteroatoms. The summed E-state index contributed by atoms with van der Waals surface area (Å²) < 4.78 is 18.5. The lowest BCUT2D eigenvalue weighted by Crippen LogP contribution is -2.19. The number of halogens is 1. The second kappa shape index (κ2) is 7.37. The summed E-state index contributed by atoms with van der Waals surface area (Å²) in [6.07, 6.45) is 1.69. The third-order valence-electron chi connectivity index (χ3n) is 3.34. The molecule has 0 atom stereocenters. The Kier molecular flexibility index (Phi) is 4.81. The van der Waals surface area contributed by atoms with Crippen molar-refractivity contribution >= 4 is 12.1 Å². The smallest absolute Gasteiger partial charge is 0.244 e. The second-order valence-electron chi connectivity index (χ2n) is 5.16. The summed E-state index contributed by atoms with van der Waals surface area (Å²) in [6.45, 7) is 0. The minimum Gasteiger partial charge on any atom is -0.455 e. The van der Waals surface area contributed by atoms with Gasteiger partial charge in [-0.1, -0.05) is 30.3 Å². The Labute approximate surface area is 138 Å². The lowest BCUT2D eigenvalue weighted by molar-refractivity contribution is -0.120. The van der Waals surface area contributed by atoms with E-state index in [-0.39, 0.29) is 18.1 Å². The van der Waals surface area contributed by atoms with Crippen molar-refractivity contribution < 1.29 is 13.6 Å². The number of nitrogens with zero attached hydrogens (tertiary/aromatic N) is 1. The molecule has 1 amide bonds. The van der Waals surface area contributed by atoms with Crippen molar-refractivity contribution in [2.45, 2.75) is 6.42 Å². The lowest BCUT2D eigenvalue weighted by Gasteiger charge is -1.99. The Morgan fingerprint density at radius 2 is 1.79 bits per heavy atom. The molecule has 1 aromatic heterocycles. The van der Waals surface area contributed by atoms with E-state index in [1.54, 1.807) is 24.3 Å². The molecule has 0 radical (unpaired) electrons. The summed E-state index contributed by atoms with van der Waals surface area (Å²) in [5, 5.41) is 3.88. The molecular formula is C19H15FN2O2. The highest BCUT2D eigenvalue weighted by molar-refractivity contribution is 5.82. The first kappa shape index (κ1) is 15.7. The summed E-state index contributed by atoms with van der Waals surface area (Å²) >= 11 is 0. The van der Waals surface area contributed by atoms with Gasteiger partial charge in [0.2, 0.25) is 5.91 Å². The van der Waals surface area contributed by atoms with Crippen LogP contribution in [-0.4, -0.2) is 12.1 Å². The molecule has 0 aliphatic heterocycles. The van der Waals surface area contributed by atoms with Crippen LogP contribution < -0.4 is 5.43 Å². The quantitative estimate of drug-likeness (QED) is 0.574. The van der Waals surface area contributed by atoms with Crippen LogP contribution in [0.2, 0.25) is 0 Å². The molecule has 0 bridgehead atoms. The standard InChI is InChI=1S/C19H15FN2O2/c20-16-8-6-15(7-9-16)18-11-10-17(24-18)13-21-22-19(23)12-14-4-2-1-3-5-14/h1-11,13H,12H2,(H,22,23)/b21-13+. The molecule has 0 saturated heterocycles. The van der Waals surface area contributed by atoms with E-state index in [1.165, 1.54) is 18.3 Å². The van der Waals surface area contributed by atoms with E-state index in [9.17, 15) is 9.18 Å². The maximum Gasteiger partial charge on any atom is 0.244 e. The molecule has 120 valence electrons. The number of hydrogen-bond acceptors (Lipinski definition) is 3. The third-order valence-corrected chi connectivity index (χ3v) is 3.34. The normalized spacial score (nSPS) is 10.9. The lowest BCUT2D eigenvalue weighted by atomic mass is 10.1. The van der Waals surface area contributed by atoms with Crippen molar-refractivity contribution in [3.05, 3.63) is 83.9 Å². The monoisotopic (exact) mass is 322 g/mol. The van der Waals surface area contributed by atoms with Crippen molar-refractivity contribution in [1.82, 2.24) is 5.43 Å². The highest BCUT2D eigenvalue weighted by Crippen LogP contribution is 2.21. The van der Waals surface area contributed by atoms with E-state index < -0.39 is 0 Å². The Hall–Kier alpha value is -3.21. The van der Waals surface area contributed by atoms with Gasteiger partial charge in [0.25, 0.3) is 0 Å². The molecule has 0 saturated carbocycles. The van der Waals surface area contributed by atoms with Crippen molar-refractivity contribution in [2.75, 3.05) is 0 Å². The van der Waals surface area contributed by atoms with Crippen LogP contribution in [0.1, 0.15) is 11.3 Å². The zero-order valence-corrected chi connectivity index (χ0v) is 12.8. The van der Waals surface area contributed by atoms with Crippen LogP contribution in [0.4, 0.5) is 4.39 Å². The van der Waals surface area contributed by atoms with Crippen LogP contribution >= 0.6 is 0 Å². The minimum atomic E-state index is -0.298. The van der Waals surface area contributed by atoms with Gasteiger partial charge in [0.05, 0.1) is 12.6 Å². The highest BCUT2D eigenvalue weighted by Gasteiger charge is 2.04. The SMILES string of the molecule is O=C(Cc1ccccc1)N/N=C/c1ccc(-c2ccc(F)cc2)o1. The van der Waals surface area contributed by atoms with Crippen LogP contribution in [0, 0.1) is 5.82 Å². The number of carbonyl (C=O) groups is 1. The maximum absolute atomic E-state index is 12.9. The fourth-order valence-electron chi connectivity index (χ4n) is 2.18. The average molecular weight is 322 g/mol. The molecule has 2 aromatic carbocycles. The van der Waals surface area contributed by atoms with Gasteiger partial charge in [-0.25, -0.2) is 9.82 Å². The number of amides is 1. The number of benzene rings is 2. The highest BCUT2D eigenvalue weighted by atomic mass is 19.1. The zero-order valence-electron chi connectivity index (χ0n) is 12.8. The number of hydrogen-bond donors (Lipinski definition) is 1. The van der Waals surface area contributed by atoms with Crippen LogP contribution in [0.25, 0.3) is 11.3 Å². The molecule has 0 spiro atoms. The van der Waals surface area contributed by atoms with Gasteiger partial charge in [0.1, 0.15) is 17.3 Å². The Morgan fingerprint density at radius 3 is 2.54 bits per heavy atom. The van der Waals surface area contributed by atoms with Gasteiger partial charge in [-0.05, 0) is 42.0 Å². The molecule has 4 nitrogen and oxygen atoms in total. The fraction of sp³-hybridized carbons (Fsp3) is 0.0526. The third kappa shape index (κ3) is 4.16. The molecular weight excluding hydrogens is 307 g/mol. The van der Waals surface area contributed by atoms with E-state index >= 15 is 0 Å². The first-order valence-corrected chi connectivity index (χ1v) is 7.42. The fourth-order valence-corrected chi connectivity index (χ4v) is 2.18. The van der Waals surface area contributed by atoms with Gasteiger partial charge < -0.3 is 4.42 Å². The van der Waals surface area contributed by atoms with Gasteiger partial charge in [0, 0.05) is 5.56 Å². The van der Waals surface area contributed by atoms with E-state index in [0.29, 0.717) is 11.5 Å².